The number of aryl methyl sites for hydroxylation is 1. The molecule has 0 radical (unpaired) electrons. The SMILES string of the molecule is Cc1cccc(C(=O)NCC(=O)O[C@H](C)C(=O)N2CCCC2)c1. The second-order valence-corrected chi connectivity index (χ2v) is 5.72. The normalized spacial score (nSPS) is 15.1. The number of esters is 1. The van der Waals surface area contributed by atoms with E-state index >= 15 is 0 Å². The summed E-state index contributed by atoms with van der Waals surface area (Å²) in [5.74, 6) is -1.14. The van der Waals surface area contributed by atoms with Crippen LogP contribution in [0.5, 0.6) is 0 Å². The number of nitrogens with zero attached hydrogens (tertiary/aromatic N) is 1. The van der Waals surface area contributed by atoms with E-state index in [1.54, 1.807) is 30.0 Å². The van der Waals surface area contributed by atoms with Crippen molar-refractivity contribution >= 4 is 17.8 Å². The highest BCUT2D eigenvalue weighted by Crippen LogP contribution is 2.10. The van der Waals surface area contributed by atoms with Gasteiger partial charge in [-0.15, -0.1) is 0 Å². The van der Waals surface area contributed by atoms with Gasteiger partial charge >= 0.3 is 5.97 Å². The van der Waals surface area contributed by atoms with E-state index < -0.39 is 12.1 Å². The van der Waals surface area contributed by atoms with Crippen molar-refractivity contribution in [2.24, 2.45) is 0 Å². The number of amides is 2. The molecule has 0 aromatic heterocycles. The van der Waals surface area contributed by atoms with Crippen molar-refractivity contribution in [3.8, 4) is 0 Å². The second-order valence-electron chi connectivity index (χ2n) is 5.72. The van der Waals surface area contributed by atoms with Gasteiger partial charge in [-0.25, -0.2) is 0 Å². The Kier molecular flexibility index (Phi) is 5.73. The molecule has 1 heterocycles. The highest BCUT2D eigenvalue weighted by Gasteiger charge is 2.25. The number of carbonyl (C=O) groups excluding carboxylic acids is 3. The van der Waals surface area contributed by atoms with E-state index in [-0.39, 0.29) is 18.4 Å². The molecule has 0 bridgehead atoms. The van der Waals surface area contributed by atoms with Crippen molar-refractivity contribution in [3.63, 3.8) is 0 Å². The third-order valence-corrected chi connectivity index (χ3v) is 3.75. The first-order valence-electron chi connectivity index (χ1n) is 7.80. The molecule has 0 aliphatic carbocycles. The van der Waals surface area contributed by atoms with Gasteiger partial charge in [0.25, 0.3) is 11.8 Å². The monoisotopic (exact) mass is 318 g/mol. The Morgan fingerprint density at radius 1 is 1.26 bits per heavy atom. The van der Waals surface area contributed by atoms with E-state index in [0.29, 0.717) is 18.7 Å². The largest absolute Gasteiger partial charge is 0.451 e. The number of carbonyl (C=O) groups is 3. The predicted octanol–water partition coefficient (Wildman–Crippen LogP) is 1.28. The van der Waals surface area contributed by atoms with Gasteiger partial charge in [0, 0.05) is 18.7 Å². The molecule has 2 rings (SSSR count). The molecule has 1 saturated heterocycles. The summed E-state index contributed by atoms with van der Waals surface area (Å²) < 4.78 is 5.09. The van der Waals surface area contributed by atoms with Crippen LogP contribution < -0.4 is 5.32 Å². The number of nitrogens with one attached hydrogen (secondary N) is 1. The average Bonchev–Trinajstić information content (AvgIpc) is 3.06. The smallest absolute Gasteiger partial charge is 0.326 e. The maximum absolute atomic E-state index is 12.0. The lowest BCUT2D eigenvalue weighted by molar-refractivity contribution is -0.157. The molecule has 1 atom stereocenters. The third kappa shape index (κ3) is 4.81. The molecule has 1 N–H and O–H groups in total. The van der Waals surface area contributed by atoms with Crippen LogP contribution in [0.1, 0.15) is 35.7 Å². The third-order valence-electron chi connectivity index (χ3n) is 3.75. The van der Waals surface area contributed by atoms with Crippen LogP contribution in [-0.4, -0.2) is 48.4 Å². The first-order chi connectivity index (χ1) is 11.0. The van der Waals surface area contributed by atoms with E-state index in [2.05, 4.69) is 5.32 Å². The quantitative estimate of drug-likeness (QED) is 0.830. The Morgan fingerprint density at radius 3 is 2.61 bits per heavy atom. The Balaban J connectivity index is 1.78. The molecular weight excluding hydrogens is 296 g/mol. The van der Waals surface area contributed by atoms with Crippen LogP contribution in [0, 0.1) is 6.92 Å². The number of likely N-dealkylation sites (tertiary alicyclic amines) is 1. The molecule has 0 spiro atoms. The van der Waals surface area contributed by atoms with Crippen LogP contribution in [0.25, 0.3) is 0 Å². The van der Waals surface area contributed by atoms with Crippen molar-refractivity contribution in [1.29, 1.82) is 0 Å². The number of ether oxygens (including phenoxy) is 1. The lowest BCUT2D eigenvalue weighted by Gasteiger charge is -2.20. The molecule has 1 aromatic rings. The average molecular weight is 318 g/mol. The minimum atomic E-state index is -0.823. The predicted molar refractivity (Wildman–Crippen MR) is 84.9 cm³/mol. The maximum atomic E-state index is 12.0. The fourth-order valence-corrected chi connectivity index (χ4v) is 2.52. The summed E-state index contributed by atoms with van der Waals surface area (Å²) in [4.78, 5) is 37.4. The molecular formula is C17H22N2O4. The van der Waals surface area contributed by atoms with Crippen LogP contribution >= 0.6 is 0 Å². The Morgan fingerprint density at radius 2 is 1.96 bits per heavy atom. The van der Waals surface area contributed by atoms with Gasteiger partial charge in [0.1, 0.15) is 6.54 Å². The van der Waals surface area contributed by atoms with Gasteiger partial charge in [-0.05, 0) is 38.8 Å². The molecule has 124 valence electrons. The highest BCUT2D eigenvalue weighted by molar-refractivity contribution is 5.96. The Bertz CT molecular complexity index is 594. The van der Waals surface area contributed by atoms with E-state index in [0.717, 1.165) is 18.4 Å². The zero-order chi connectivity index (χ0) is 16.8. The number of benzene rings is 1. The van der Waals surface area contributed by atoms with Gasteiger partial charge in [-0.3, -0.25) is 14.4 Å². The number of rotatable bonds is 5. The van der Waals surface area contributed by atoms with Crippen LogP contribution in [-0.2, 0) is 14.3 Å². The fourth-order valence-electron chi connectivity index (χ4n) is 2.52. The summed E-state index contributed by atoms with van der Waals surface area (Å²) in [5.41, 5.74) is 1.45. The van der Waals surface area contributed by atoms with Crippen molar-refractivity contribution in [3.05, 3.63) is 35.4 Å². The van der Waals surface area contributed by atoms with Crippen molar-refractivity contribution in [2.45, 2.75) is 32.8 Å². The highest BCUT2D eigenvalue weighted by atomic mass is 16.5. The van der Waals surface area contributed by atoms with Crippen molar-refractivity contribution in [1.82, 2.24) is 10.2 Å². The first kappa shape index (κ1) is 17.0. The molecule has 0 saturated carbocycles. The second kappa shape index (κ2) is 7.76. The molecule has 6 nitrogen and oxygen atoms in total. The molecule has 1 aliphatic heterocycles. The van der Waals surface area contributed by atoms with Crippen LogP contribution in [0.2, 0.25) is 0 Å². The number of hydrogen-bond acceptors (Lipinski definition) is 4. The summed E-state index contributed by atoms with van der Waals surface area (Å²) in [7, 11) is 0. The molecule has 0 unspecified atom stereocenters. The summed E-state index contributed by atoms with van der Waals surface area (Å²) in [6, 6.07) is 7.07. The van der Waals surface area contributed by atoms with Gasteiger partial charge in [0.05, 0.1) is 0 Å². The number of hydrogen-bond donors (Lipinski definition) is 1. The van der Waals surface area contributed by atoms with Gasteiger partial charge in [0.2, 0.25) is 0 Å². The first-order valence-corrected chi connectivity index (χ1v) is 7.80. The van der Waals surface area contributed by atoms with Gasteiger partial charge in [0.15, 0.2) is 6.10 Å². The van der Waals surface area contributed by atoms with E-state index in [1.165, 1.54) is 0 Å². The van der Waals surface area contributed by atoms with Gasteiger partial charge < -0.3 is 15.0 Å². The van der Waals surface area contributed by atoms with Gasteiger partial charge in [-0.2, -0.15) is 0 Å². The molecule has 1 aromatic carbocycles. The molecule has 6 heteroatoms. The van der Waals surface area contributed by atoms with E-state index in [1.807, 2.05) is 13.0 Å². The summed E-state index contributed by atoms with van der Waals surface area (Å²) in [5, 5.41) is 2.50. The minimum absolute atomic E-state index is 0.180. The molecule has 2 amide bonds. The maximum Gasteiger partial charge on any atom is 0.326 e. The van der Waals surface area contributed by atoms with Crippen molar-refractivity contribution in [2.75, 3.05) is 19.6 Å². The Labute approximate surface area is 135 Å². The lowest BCUT2D eigenvalue weighted by atomic mass is 10.1. The summed E-state index contributed by atoms with van der Waals surface area (Å²) in [6.45, 7) is 4.61. The van der Waals surface area contributed by atoms with Crippen LogP contribution in [0.3, 0.4) is 0 Å². The van der Waals surface area contributed by atoms with E-state index in [9.17, 15) is 14.4 Å². The zero-order valence-electron chi connectivity index (χ0n) is 13.5. The minimum Gasteiger partial charge on any atom is -0.451 e. The summed E-state index contributed by atoms with van der Waals surface area (Å²) >= 11 is 0. The fraction of sp³-hybridized carbons (Fsp3) is 0.471. The van der Waals surface area contributed by atoms with Crippen molar-refractivity contribution < 1.29 is 19.1 Å². The zero-order valence-corrected chi connectivity index (χ0v) is 13.5. The van der Waals surface area contributed by atoms with Crippen LogP contribution in [0.15, 0.2) is 24.3 Å². The van der Waals surface area contributed by atoms with Crippen LogP contribution in [0.4, 0.5) is 0 Å². The molecule has 1 fully saturated rings. The lowest BCUT2D eigenvalue weighted by Crippen LogP contribution is -2.40. The topological polar surface area (TPSA) is 75.7 Å². The molecule has 23 heavy (non-hydrogen) atoms. The molecule has 1 aliphatic rings. The standard InChI is InChI=1S/C17H22N2O4/c1-12-6-5-7-14(10-12)16(21)18-11-15(20)23-13(2)17(22)19-8-3-4-9-19/h5-7,10,13H,3-4,8-9,11H2,1-2H3,(H,18,21)/t13-/m1/s1. The Hall–Kier alpha value is -2.37. The summed E-state index contributed by atoms with van der Waals surface area (Å²) in [6.07, 6.45) is 1.15. The van der Waals surface area contributed by atoms with E-state index in [4.69, 9.17) is 4.74 Å². The van der Waals surface area contributed by atoms with Gasteiger partial charge in [-0.1, -0.05) is 17.7 Å².